The molecule has 3 nitrogen and oxygen atoms in total. The average molecular weight is 283 g/mol. The third kappa shape index (κ3) is 3.35. The standard InChI is InChI=1S/C18H25N3/c1-18(2,3)19-12-14-11-13-7-5-6-8-16(13)17(20-14)21(4)15-9-10-15/h5-8,11,15,19H,9-10,12H2,1-4H3. The lowest BCUT2D eigenvalue weighted by molar-refractivity contribution is 0.421. The van der Waals surface area contributed by atoms with E-state index < -0.39 is 0 Å². The quantitative estimate of drug-likeness (QED) is 0.927. The Balaban J connectivity index is 1.98. The van der Waals surface area contributed by atoms with Gasteiger partial charge in [0.25, 0.3) is 0 Å². The van der Waals surface area contributed by atoms with Crippen molar-refractivity contribution >= 4 is 16.6 Å². The van der Waals surface area contributed by atoms with Gasteiger partial charge in [0.05, 0.1) is 5.69 Å². The summed E-state index contributed by atoms with van der Waals surface area (Å²) in [6.07, 6.45) is 2.58. The molecule has 0 saturated heterocycles. The Kier molecular flexibility index (Phi) is 3.62. The number of hydrogen-bond donors (Lipinski definition) is 1. The van der Waals surface area contributed by atoms with E-state index in [9.17, 15) is 0 Å². The zero-order valence-corrected chi connectivity index (χ0v) is 13.5. The summed E-state index contributed by atoms with van der Waals surface area (Å²) < 4.78 is 0. The third-order valence-corrected chi connectivity index (χ3v) is 4.00. The molecule has 0 amide bonds. The minimum absolute atomic E-state index is 0.107. The predicted molar refractivity (Wildman–Crippen MR) is 89.8 cm³/mol. The zero-order chi connectivity index (χ0) is 15.0. The van der Waals surface area contributed by atoms with Crippen LogP contribution in [0.4, 0.5) is 5.82 Å². The number of anilines is 1. The number of hydrogen-bond acceptors (Lipinski definition) is 3. The predicted octanol–water partition coefficient (Wildman–Crippen LogP) is 3.72. The lowest BCUT2D eigenvalue weighted by atomic mass is 10.1. The van der Waals surface area contributed by atoms with Gasteiger partial charge in [0.15, 0.2) is 0 Å². The zero-order valence-electron chi connectivity index (χ0n) is 13.5. The first-order valence-electron chi connectivity index (χ1n) is 7.80. The van der Waals surface area contributed by atoms with Crippen molar-refractivity contribution in [3.8, 4) is 0 Å². The molecule has 1 heterocycles. The molecule has 112 valence electrons. The maximum absolute atomic E-state index is 4.93. The van der Waals surface area contributed by atoms with Gasteiger partial charge >= 0.3 is 0 Å². The summed E-state index contributed by atoms with van der Waals surface area (Å²) in [6.45, 7) is 7.36. The topological polar surface area (TPSA) is 28.2 Å². The van der Waals surface area contributed by atoms with Crippen LogP contribution in [0.15, 0.2) is 30.3 Å². The molecule has 1 aliphatic rings. The van der Waals surface area contributed by atoms with Crippen molar-refractivity contribution in [2.24, 2.45) is 0 Å². The van der Waals surface area contributed by atoms with Crippen LogP contribution in [0.5, 0.6) is 0 Å². The summed E-state index contributed by atoms with van der Waals surface area (Å²) in [7, 11) is 2.17. The molecule has 3 rings (SSSR count). The monoisotopic (exact) mass is 283 g/mol. The van der Waals surface area contributed by atoms with Gasteiger partial charge in [0.2, 0.25) is 0 Å². The highest BCUT2D eigenvalue weighted by Gasteiger charge is 2.28. The van der Waals surface area contributed by atoms with Crippen LogP contribution in [0.3, 0.4) is 0 Å². The molecule has 1 aromatic heterocycles. The fraction of sp³-hybridized carbons (Fsp3) is 0.500. The van der Waals surface area contributed by atoms with Crippen molar-refractivity contribution in [2.75, 3.05) is 11.9 Å². The van der Waals surface area contributed by atoms with Gasteiger partial charge in [-0.1, -0.05) is 24.3 Å². The van der Waals surface area contributed by atoms with Gasteiger partial charge in [-0.05, 0) is 45.1 Å². The second-order valence-electron chi connectivity index (χ2n) is 7.10. The summed E-state index contributed by atoms with van der Waals surface area (Å²) in [5.41, 5.74) is 1.22. The molecule has 3 heteroatoms. The van der Waals surface area contributed by atoms with E-state index in [-0.39, 0.29) is 5.54 Å². The molecule has 1 aliphatic carbocycles. The van der Waals surface area contributed by atoms with Crippen LogP contribution < -0.4 is 10.2 Å². The van der Waals surface area contributed by atoms with E-state index in [1.165, 1.54) is 23.6 Å². The van der Waals surface area contributed by atoms with Gasteiger partial charge in [-0.15, -0.1) is 0 Å². The van der Waals surface area contributed by atoms with E-state index in [1.807, 2.05) is 0 Å². The number of fused-ring (bicyclic) bond motifs is 1. The number of pyridine rings is 1. The first-order valence-corrected chi connectivity index (χ1v) is 7.80. The number of rotatable bonds is 4. The minimum Gasteiger partial charge on any atom is -0.356 e. The van der Waals surface area contributed by atoms with Crippen LogP contribution in [0.1, 0.15) is 39.3 Å². The first-order chi connectivity index (χ1) is 9.94. The van der Waals surface area contributed by atoms with Crippen LogP contribution in [0.25, 0.3) is 10.8 Å². The molecule has 1 N–H and O–H groups in total. The maximum atomic E-state index is 4.93. The fourth-order valence-corrected chi connectivity index (χ4v) is 2.58. The van der Waals surface area contributed by atoms with Gasteiger partial charge < -0.3 is 10.2 Å². The second-order valence-corrected chi connectivity index (χ2v) is 7.10. The molecule has 21 heavy (non-hydrogen) atoms. The lowest BCUT2D eigenvalue weighted by Crippen LogP contribution is -2.35. The summed E-state index contributed by atoms with van der Waals surface area (Å²) in [5.74, 6) is 1.13. The number of benzene rings is 1. The summed E-state index contributed by atoms with van der Waals surface area (Å²) in [4.78, 5) is 7.28. The van der Waals surface area contributed by atoms with Crippen LogP contribution in [0.2, 0.25) is 0 Å². The van der Waals surface area contributed by atoms with Gasteiger partial charge in [0, 0.05) is 30.6 Å². The van der Waals surface area contributed by atoms with Gasteiger partial charge in [0.1, 0.15) is 5.82 Å². The van der Waals surface area contributed by atoms with Crippen LogP contribution in [-0.4, -0.2) is 23.6 Å². The van der Waals surface area contributed by atoms with Gasteiger partial charge in [-0.2, -0.15) is 0 Å². The minimum atomic E-state index is 0.107. The average Bonchev–Trinajstić information content (AvgIpc) is 3.27. The molecule has 0 spiro atoms. The van der Waals surface area contributed by atoms with E-state index in [1.54, 1.807) is 0 Å². The number of nitrogens with zero attached hydrogens (tertiary/aromatic N) is 2. The van der Waals surface area contributed by atoms with Crippen LogP contribution in [-0.2, 0) is 6.54 Å². The Morgan fingerprint density at radius 3 is 2.62 bits per heavy atom. The molecule has 0 unspecified atom stereocenters. The van der Waals surface area contributed by atoms with Crippen molar-refractivity contribution in [1.82, 2.24) is 10.3 Å². The molecule has 0 bridgehead atoms. The van der Waals surface area contributed by atoms with Gasteiger partial charge in [-0.25, -0.2) is 4.98 Å². The van der Waals surface area contributed by atoms with E-state index >= 15 is 0 Å². The molecule has 1 fully saturated rings. The summed E-state index contributed by atoms with van der Waals surface area (Å²) in [5, 5.41) is 6.07. The largest absolute Gasteiger partial charge is 0.356 e. The van der Waals surface area contributed by atoms with E-state index in [0.29, 0.717) is 6.04 Å². The molecule has 1 aromatic carbocycles. The van der Waals surface area contributed by atoms with Crippen LogP contribution in [0, 0.1) is 0 Å². The Hall–Kier alpha value is -1.61. The Morgan fingerprint density at radius 2 is 1.95 bits per heavy atom. The SMILES string of the molecule is CN(c1nc(CNC(C)(C)C)cc2ccccc12)C1CC1. The molecular formula is C18H25N3. The third-order valence-electron chi connectivity index (χ3n) is 4.00. The second kappa shape index (κ2) is 5.30. The maximum Gasteiger partial charge on any atom is 0.136 e. The highest BCUT2D eigenvalue weighted by Crippen LogP contribution is 2.33. The molecule has 0 atom stereocenters. The van der Waals surface area contributed by atoms with E-state index in [4.69, 9.17) is 4.98 Å². The van der Waals surface area contributed by atoms with E-state index in [0.717, 1.165) is 18.1 Å². The van der Waals surface area contributed by atoms with Crippen molar-refractivity contribution in [2.45, 2.75) is 51.7 Å². The Bertz CT molecular complexity index is 638. The fourth-order valence-electron chi connectivity index (χ4n) is 2.58. The van der Waals surface area contributed by atoms with Crippen molar-refractivity contribution < 1.29 is 0 Å². The van der Waals surface area contributed by atoms with E-state index in [2.05, 4.69) is 68.4 Å². The first kappa shape index (κ1) is 14.3. The number of aromatic nitrogens is 1. The van der Waals surface area contributed by atoms with Gasteiger partial charge in [-0.3, -0.25) is 0 Å². The molecule has 1 saturated carbocycles. The van der Waals surface area contributed by atoms with Crippen molar-refractivity contribution in [3.05, 3.63) is 36.0 Å². The molecule has 0 aliphatic heterocycles. The van der Waals surface area contributed by atoms with Crippen LogP contribution >= 0.6 is 0 Å². The normalized spacial score (nSPS) is 15.4. The van der Waals surface area contributed by atoms with Crippen molar-refractivity contribution in [1.29, 1.82) is 0 Å². The molecular weight excluding hydrogens is 258 g/mol. The summed E-state index contributed by atoms with van der Waals surface area (Å²) >= 11 is 0. The van der Waals surface area contributed by atoms with Crippen molar-refractivity contribution in [3.63, 3.8) is 0 Å². The summed E-state index contributed by atoms with van der Waals surface area (Å²) in [6, 6.07) is 11.4. The Labute approximate surface area is 127 Å². The molecule has 2 aromatic rings. The lowest BCUT2D eigenvalue weighted by Gasteiger charge is -2.23. The molecule has 0 radical (unpaired) electrons. The number of nitrogens with one attached hydrogen (secondary N) is 1. The Morgan fingerprint density at radius 1 is 1.24 bits per heavy atom. The smallest absolute Gasteiger partial charge is 0.136 e. The highest BCUT2D eigenvalue weighted by molar-refractivity contribution is 5.92. The highest BCUT2D eigenvalue weighted by atomic mass is 15.2.